The maximum absolute atomic E-state index is 12.3. The summed E-state index contributed by atoms with van der Waals surface area (Å²) in [5.74, 6) is 0.434. The van der Waals surface area contributed by atoms with Crippen LogP contribution >= 0.6 is 0 Å². The number of hydrogen-bond acceptors (Lipinski definition) is 3. The number of rotatable bonds is 4. The molecule has 0 saturated heterocycles. The van der Waals surface area contributed by atoms with E-state index in [0.29, 0.717) is 30.9 Å². The molecule has 0 atom stereocenters. The van der Waals surface area contributed by atoms with Gasteiger partial charge in [0.15, 0.2) is 0 Å². The van der Waals surface area contributed by atoms with Crippen molar-refractivity contribution in [3.63, 3.8) is 0 Å². The molecule has 1 aliphatic rings. The zero-order chi connectivity index (χ0) is 13.7. The van der Waals surface area contributed by atoms with E-state index in [1.54, 1.807) is 6.07 Å². The first-order chi connectivity index (χ1) is 9.22. The Kier molecular flexibility index (Phi) is 4.06. The Hall–Kier alpha value is -2.02. The smallest absolute Gasteiger partial charge is 0.244 e. The van der Waals surface area contributed by atoms with Crippen molar-refractivity contribution in [1.82, 2.24) is 0 Å². The number of ether oxygens (including phenoxy) is 1. The SMILES string of the molecule is CCOc1ccccc1NC(=O)C1(C#N)CCCC1. The van der Waals surface area contributed by atoms with Crippen LogP contribution in [0, 0.1) is 16.7 Å². The highest BCUT2D eigenvalue weighted by Gasteiger charge is 2.41. The van der Waals surface area contributed by atoms with Gasteiger partial charge in [0.25, 0.3) is 0 Å². The number of nitrogens with one attached hydrogen (secondary N) is 1. The molecule has 1 N–H and O–H groups in total. The maximum atomic E-state index is 12.3. The van der Waals surface area contributed by atoms with E-state index in [2.05, 4.69) is 11.4 Å². The second kappa shape index (κ2) is 5.75. The second-order valence-corrected chi connectivity index (χ2v) is 4.78. The van der Waals surface area contributed by atoms with Crippen molar-refractivity contribution in [1.29, 1.82) is 5.26 Å². The summed E-state index contributed by atoms with van der Waals surface area (Å²) < 4.78 is 5.47. The van der Waals surface area contributed by atoms with Gasteiger partial charge in [-0.05, 0) is 31.9 Å². The Bertz CT molecular complexity index is 499. The summed E-state index contributed by atoms with van der Waals surface area (Å²) >= 11 is 0. The highest BCUT2D eigenvalue weighted by Crippen LogP contribution is 2.39. The van der Waals surface area contributed by atoms with Gasteiger partial charge in [-0.1, -0.05) is 25.0 Å². The van der Waals surface area contributed by atoms with Crippen LogP contribution in [0.2, 0.25) is 0 Å². The largest absolute Gasteiger partial charge is 0.492 e. The molecule has 4 heteroatoms. The summed E-state index contributed by atoms with van der Waals surface area (Å²) in [6, 6.07) is 9.50. The number of para-hydroxylation sites is 2. The molecular formula is C15H18N2O2. The van der Waals surface area contributed by atoms with Crippen LogP contribution in [0.5, 0.6) is 5.75 Å². The lowest BCUT2D eigenvalue weighted by molar-refractivity contribution is -0.122. The predicted molar refractivity (Wildman–Crippen MR) is 72.8 cm³/mol. The molecule has 2 rings (SSSR count). The molecule has 0 radical (unpaired) electrons. The van der Waals surface area contributed by atoms with Gasteiger partial charge in [-0.15, -0.1) is 0 Å². The standard InChI is InChI=1S/C15H18N2O2/c1-2-19-13-8-4-3-7-12(13)17-14(18)15(11-16)9-5-6-10-15/h3-4,7-8H,2,5-6,9-10H2,1H3,(H,17,18). The maximum Gasteiger partial charge on any atom is 0.244 e. The molecule has 0 bridgehead atoms. The molecule has 0 spiro atoms. The van der Waals surface area contributed by atoms with Gasteiger partial charge in [0.1, 0.15) is 11.2 Å². The first-order valence-corrected chi connectivity index (χ1v) is 6.66. The minimum atomic E-state index is -0.862. The van der Waals surface area contributed by atoms with E-state index in [4.69, 9.17) is 4.74 Å². The zero-order valence-electron chi connectivity index (χ0n) is 11.1. The number of nitriles is 1. The molecule has 0 heterocycles. The summed E-state index contributed by atoms with van der Waals surface area (Å²) in [7, 11) is 0. The molecule has 0 unspecified atom stereocenters. The van der Waals surface area contributed by atoms with Gasteiger partial charge in [0.2, 0.25) is 5.91 Å². The van der Waals surface area contributed by atoms with Crippen LogP contribution in [-0.2, 0) is 4.79 Å². The van der Waals surface area contributed by atoms with Crippen molar-refractivity contribution in [2.45, 2.75) is 32.6 Å². The predicted octanol–water partition coefficient (Wildman–Crippen LogP) is 3.11. The number of nitrogens with zero attached hydrogens (tertiary/aromatic N) is 1. The number of carbonyl (C=O) groups is 1. The first kappa shape index (κ1) is 13.4. The van der Waals surface area contributed by atoms with E-state index in [-0.39, 0.29) is 5.91 Å². The summed E-state index contributed by atoms with van der Waals surface area (Å²) in [4.78, 5) is 12.3. The van der Waals surface area contributed by atoms with E-state index >= 15 is 0 Å². The number of carbonyl (C=O) groups excluding carboxylic acids is 1. The van der Waals surface area contributed by atoms with Crippen molar-refractivity contribution in [2.24, 2.45) is 5.41 Å². The average Bonchev–Trinajstić information content (AvgIpc) is 2.91. The van der Waals surface area contributed by atoms with E-state index in [9.17, 15) is 10.1 Å². The normalized spacial score (nSPS) is 16.6. The van der Waals surface area contributed by atoms with Crippen molar-refractivity contribution >= 4 is 11.6 Å². The van der Waals surface area contributed by atoms with Crippen LogP contribution in [0.25, 0.3) is 0 Å². The van der Waals surface area contributed by atoms with Gasteiger partial charge in [0.05, 0.1) is 18.4 Å². The Balaban J connectivity index is 2.17. The van der Waals surface area contributed by atoms with Crippen molar-refractivity contribution in [3.8, 4) is 11.8 Å². The average molecular weight is 258 g/mol. The lowest BCUT2D eigenvalue weighted by Gasteiger charge is -2.20. The number of anilines is 1. The first-order valence-electron chi connectivity index (χ1n) is 6.66. The van der Waals surface area contributed by atoms with E-state index < -0.39 is 5.41 Å². The Labute approximate surface area is 113 Å². The Morgan fingerprint density at radius 2 is 2.11 bits per heavy atom. The minimum Gasteiger partial charge on any atom is -0.492 e. The van der Waals surface area contributed by atoms with Crippen LogP contribution < -0.4 is 10.1 Å². The summed E-state index contributed by atoms with van der Waals surface area (Å²) in [5.41, 5.74) is -0.227. The molecule has 1 aliphatic carbocycles. The second-order valence-electron chi connectivity index (χ2n) is 4.78. The van der Waals surface area contributed by atoms with Gasteiger partial charge in [-0.3, -0.25) is 4.79 Å². The molecule has 100 valence electrons. The van der Waals surface area contributed by atoms with Crippen LogP contribution in [-0.4, -0.2) is 12.5 Å². The Morgan fingerprint density at radius 3 is 2.74 bits per heavy atom. The highest BCUT2D eigenvalue weighted by molar-refractivity contribution is 5.98. The van der Waals surface area contributed by atoms with Crippen LogP contribution in [0.3, 0.4) is 0 Å². The topological polar surface area (TPSA) is 62.1 Å². The molecule has 0 aliphatic heterocycles. The van der Waals surface area contributed by atoms with Gasteiger partial charge in [-0.2, -0.15) is 5.26 Å². The monoisotopic (exact) mass is 258 g/mol. The van der Waals surface area contributed by atoms with Crippen LogP contribution in [0.4, 0.5) is 5.69 Å². The third kappa shape index (κ3) is 2.70. The Morgan fingerprint density at radius 1 is 1.42 bits per heavy atom. The molecule has 4 nitrogen and oxygen atoms in total. The van der Waals surface area contributed by atoms with Crippen molar-refractivity contribution in [3.05, 3.63) is 24.3 Å². The fourth-order valence-corrected chi connectivity index (χ4v) is 2.46. The zero-order valence-corrected chi connectivity index (χ0v) is 11.1. The fourth-order valence-electron chi connectivity index (χ4n) is 2.46. The molecular weight excluding hydrogens is 240 g/mol. The van der Waals surface area contributed by atoms with E-state index in [0.717, 1.165) is 12.8 Å². The molecule has 1 fully saturated rings. The molecule has 1 amide bonds. The fraction of sp³-hybridized carbons (Fsp3) is 0.467. The summed E-state index contributed by atoms with van der Waals surface area (Å²) in [6.45, 7) is 2.43. The van der Waals surface area contributed by atoms with Gasteiger partial charge < -0.3 is 10.1 Å². The highest BCUT2D eigenvalue weighted by atomic mass is 16.5. The summed E-state index contributed by atoms with van der Waals surface area (Å²) in [6.07, 6.45) is 3.17. The third-order valence-corrected chi connectivity index (χ3v) is 3.54. The third-order valence-electron chi connectivity index (χ3n) is 3.54. The quantitative estimate of drug-likeness (QED) is 0.902. The molecule has 0 aromatic heterocycles. The van der Waals surface area contributed by atoms with E-state index in [1.165, 1.54) is 0 Å². The molecule has 1 saturated carbocycles. The van der Waals surface area contributed by atoms with Gasteiger partial charge in [0, 0.05) is 0 Å². The lowest BCUT2D eigenvalue weighted by atomic mass is 9.87. The number of benzene rings is 1. The van der Waals surface area contributed by atoms with Crippen LogP contribution in [0.15, 0.2) is 24.3 Å². The summed E-state index contributed by atoms with van der Waals surface area (Å²) in [5, 5.41) is 12.1. The van der Waals surface area contributed by atoms with Crippen molar-refractivity contribution in [2.75, 3.05) is 11.9 Å². The van der Waals surface area contributed by atoms with E-state index in [1.807, 2.05) is 25.1 Å². The van der Waals surface area contributed by atoms with Gasteiger partial charge >= 0.3 is 0 Å². The van der Waals surface area contributed by atoms with Crippen LogP contribution in [0.1, 0.15) is 32.6 Å². The lowest BCUT2D eigenvalue weighted by Crippen LogP contribution is -2.32. The minimum absolute atomic E-state index is 0.209. The van der Waals surface area contributed by atoms with Gasteiger partial charge in [-0.25, -0.2) is 0 Å². The molecule has 19 heavy (non-hydrogen) atoms. The molecule has 1 aromatic rings. The molecule has 1 aromatic carbocycles. The number of amides is 1. The van der Waals surface area contributed by atoms with Crippen molar-refractivity contribution < 1.29 is 9.53 Å². The number of hydrogen-bond donors (Lipinski definition) is 1.